The second-order valence-corrected chi connectivity index (χ2v) is 7.09. The van der Waals surface area contributed by atoms with Gasteiger partial charge in [-0.25, -0.2) is 0 Å². The molecule has 0 bridgehead atoms. The Labute approximate surface area is 132 Å². The Kier molecular flexibility index (Phi) is 3.61. The minimum atomic E-state index is 1.00. The van der Waals surface area contributed by atoms with Crippen molar-refractivity contribution in [2.75, 3.05) is 20.2 Å². The summed E-state index contributed by atoms with van der Waals surface area (Å²) in [5, 5.41) is 1.32. The molecule has 118 valence electrons. The topological polar surface area (TPSA) is 28.3 Å². The third-order valence-corrected chi connectivity index (χ3v) is 5.63. The second-order valence-electron chi connectivity index (χ2n) is 7.09. The van der Waals surface area contributed by atoms with E-state index in [0.717, 1.165) is 24.1 Å². The summed E-state index contributed by atoms with van der Waals surface area (Å²) >= 11 is 0. The van der Waals surface area contributed by atoms with Crippen molar-refractivity contribution in [2.45, 2.75) is 39.2 Å². The average Bonchev–Trinajstić information content (AvgIpc) is 3.27. The smallest absolute Gasteiger partial charge is 0.124 e. The fourth-order valence-corrected chi connectivity index (χ4v) is 4.15. The predicted octanol–water partition coefficient (Wildman–Crippen LogP) is 4.11. The van der Waals surface area contributed by atoms with Gasteiger partial charge < -0.3 is 9.72 Å². The van der Waals surface area contributed by atoms with Crippen LogP contribution in [0.3, 0.4) is 0 Å². The molecule has 2 fully saturated rings. The summed E-state index contributed by atoms with van der Waals surface area (Å²) in [6.45, 7) is 5.63. The molecule has 0 unspecified atom stereocenters. The van der Waals surface area contributed by atoms with E-state index in [1.807, 2.05) is 6.20 Å². The van der Waals surface area contributed by atoms with Crippen LogP contribution >= 0.6 is 0 Å². The monoisotopic (exact) mass is 298 g/mol. The molecule has 3 heteroatoms. The Balaban J connectivity index is 1.56. The predicted molar refractivity (Wildman–Crippen MR) is 90.3 cm³/mol. The zero-order valence-corrected chi connectivity index (χ0v) is 13.7. The number of ether oxygens (including phenoxy) is 1. The van der Waals surface area contributed by atoms with E-state index in [9.17, 15) is 0 Å². The summed E-state index contributed by atoms with van der Waals surface area (Å²) < 4.78 is 5.67. The molecule has 1 aromatic heterocycles. The number of benzene rings is 1. The molecule has 1 aliphatic heterocycles. The van der Waals surface area contributed by atoms with E-state index >= 15 is 0 Å². The summed E-state index contributed by atoms with van der Waals surface area (Å²) in [6.07, 6.45) is 7.78. The minimum absolute atomic E-state index is 1.00. The van der Waals surface area contributed by atoms with Crippen LogP contribution in [-0.4, -0.2) is 30.1 Å². The number of nitrogens with zero attached hydrogens (tertiary/aromatic N) is 1. The number of nitrogens with one attached hydrogen (secondary N) is 1. The maximum atomic E-state index is 5.67. The van der Waals surface area contributed by atoms with E-state index < -0.39 is 0 Å². The largest absolute Gasteiger partial charge is 0.496 e. The highest BCUT2D eigenvalue weighted by Crippen LogP contribution is 2.42. The molecule has 2 aliphatic rings. The van der Waals surface area contributed by atoms with Gasteiger partial charge in [0, 0.05) is 29.2 Å². The number of aromatic nitrogens is 1. The van der Waals surface area contributed by atoms with Gasteiger partial charge in [-0.15, -0.1) is 0 Å². The van der Waals surface area contributed by atoms with Gasteiger partial charge in [0.05, 0.1) is 7.11 Å². The number of methoxy groups -OCH3 is 1. The van der Waals surface area contributed by atoms with E-state index in [1.54, 1.807) is 7.11 Å². The maximum absolute atomic E-state index is 5.67. The molecule has 0 radical (unpaired) electrons. The number of aryl methyl sites for hydroxylation is 1. The number of piperidine rings is 1. The van der Waals surface area contributed by atoms with Crippen LogP contribution in [0.4, 0.5) is 0 Å². The van der Waals surface area contributed by atoms with Gasteiger partial charge in [0.2, 0.25) is 0 Å². The standard InChI is InChI=1S/C19H26N2O/c1-13-11-18(22-2)17(16-5-8-20-19(13)16)12-21-9-6-15(7-10-21)14-3-4-14/h5,8,11,14-15,20H,3-4,6-7,9-10,12H2,1-2H3. The van der Waals surface area contributed by atoms with Crippen molar-refractivity contribution in [2.24, 2.45) is 11.8 Å². The van der Waals surface area contributed by atoms with Gasteiger partial charge in [-0.3, -0.25) is 4.90 Å². The average molecular weight is 298 g/mol. The zero-order chi connectivity index (χ0) is 15.1. The fourth-order valence-electron chi connectivity index (χ4n) is 4.15. The van der Waals surface area contributed by atoms with Gasteiger partial charge in [-0.1, -0.05) is 0 Å². The van der Waals surface area contributed by atoms with Crippen molar-refractivity contribution in [3.05, 3.63) is 29.5 Å². The first-order valence-electron chi connectivity index (χ1n) is 8.62. The lowest BCUT2D eigenvalue weighted by Crippen LogP contribution is -2.34. The van der Waals surface area contributed by atoms with Crippen LogP contribution in [0.1, 0.15) is 36.8 Å². The molecule has 1 aliphatic carbocycles. The van der Waals surface area contributed by atoms with Crippen molar-refractivity contribution in [3.8, 4) is 5.75 Å². The van der Waals surface area contributed by atoms with Crippen molar-refractivity contribution in [1.29, 1.82) is 0 Å². The first kappa shape index (κ1) is 14.1. The quantitative estimate of drug-likeness (QED) is 0.920. The van der Waals surface area contributed by atoms with Crippen LogP contribution in [0.2, 0.25) is 0 Å². The summed E-state index contributed by atoms with van der Waals surface area (Å²) in [5.41, 5.74) is 3.85. The molecule has 2 aromatic rings. The van der Waals surface area contributed by atoms with Gasteiger partial charge >= 0.3 is 0 Å². The molecule has 22 heavy (non-hydrogen) atoms. The number of fused-ring (bicyclic) bond motifs is 1. The van der Waals surface area contributed by atoms with E-state index in [1.165, 1.54) is 60.8 Å². The molecule has 0 atom stereocenters. The third kappa shape index (κ3) is 2.52. The molecule has 2 heterocycles. The highest BCUT2D eigenvalue weighted by atomic mass is 16.5. The van der Waals surface area contributed by atoms with Crippen molar-refractivity contribution < 1.29 is 4.74 Å². The Morgan fingerprint density at radius 3 is 2.59 bits per heavy atom. The molecule has 4 rings (SSSR count). The number of hydrogen-bond donors (Lipinski definition) is 1. The molecule has 1 saturated heterocycles. The summed E-state index contributed by atoms with van der Waals surface area (Å²) in [6, 6.07) is 4.36. The Morgan fingerprint density at radius 2 is 1.91 bits per heavy atom. The number of aromatic amines is 1. The van der Waals surface area contributed by atoms with Gasteiger partial charge in [0.25, 0.3) is 0 Å². The number of likely N-dealkylation sites (tertiary alicyclic amines) is 1. The lowest BCUT2D eigenvalue weighted by Gasteiger charge is -2.32. The van der Waals surface area contributed by atoms with E-state index in [-0.39, 0.29) is 0 Å². The molecule has 1 N–H and O–H groups in total. The number of H-pyrrole nitrogens is 1. The van der Waals surface area contributed by atoms with Crippen LogP contribution in [-0.2, 0) is 6.54 Å². The second kappa shape index (κ2) is 5.62. The van der Waals surface area contributed by atoms with Gasteiger partial charge in [0.1, 0.15) is 5.75 Å². The Bertz CT molecular complexity index is 663. The molecule has 0 spiro atoms. The number of hydrogen-bond acceptors (Lipinski definition) is 2. The fraction of sp³-hybridized carbons (Fsp3) is 0.579. The van der Waals surface area contributed by atoms with E-state index in [2.05, 4.69) is 28.9 Å². The lowest BCUT2D eigenvalue weighted by molar-refractivity contribution is 0.165. The Morgan fingerprint density at radius 1 is 1.18 bits per heavy atom. The van der Waals surface area contributed by atoms with Gasteiger partial charge in [-0.05, 0) is 75.2 Å². The number of rotatable bonds is 4. The van der Waals surface area contributed by atoms with E-state index in [4.69, 9.17) is 4.74 Å². The molecule has 1 aromatic carbocycles. The van der Waals surface area contributed by atoms with Gasteiger partial charge in [-0.2, -0.15) is 0 Å². The normalized spacial score (nSPS) is 20.6. The lowest BCUT2D eigenvalue weighted by atomic mass is 9.91. The Hall–Kier alpha value is -1.48. The zero-order valence-electron chi connectivity index (χ0n) is 13.7. The van der Waals surface area contributed by atoms with Crippen LogP contribution in [0.5, 0.6) is 5.75 Å². The summed E-state index contributed by atoms with van der Waals surface area (Å²) in [5.74, 6) is 3.10. The first-order chi connectivity index (χ1) is 10.8. The minimum Gasteiger partial charge on any atom is -0.496 e. The maximum Gasteiger partial charge on any atom is 0.124 e. The highest BCUT2D eigenvalue weighted by molar-refractivity contribution is 5.88. The van der Waals surface area contributed by atoms with Crippen molar-refractivity contribution in [1.82, 2.24) is 9.88 Å². The molecule has 1 saturated carbocycles. The van der Waals surface area contributed by atoms with Crippen LogP contribution in [0.15, 0.2) is 18.3 Å². The van der Waals surface area contributed by atoms with E-state index in [0.29, 0.717) is 0 Å². The van der Waals surface area contributed by atoms with Crippen LogP contribution < -0.4 is 4.74 Å². The molecular weight excluding hydrogens is 272 g/mol. The van der Waals surface area contributed by atoms with Crippen molar-refractivity contribution >= 4 is 10.9 Å². The van der Waals surface area contributed by atoms with Crippen molar-refractivity contribution in [3.63, 3.8) is 0 Å². The first-order valence-corrected chi connectivity index (χ1v) is 8.62. The molecule has 3 nitrogen and oxygen atoms in total. The van der Waals surface area contributed by atoms with Gasteiger partial charge in [0.15, 0.2) is 0 Å². The molecular formula is C19H26N2O. The molecule has 0 amide bonds. The third-order valence-electron chi connectivity index (χ3n) is 5.63. The van der Waals surface area contributed by atoms with Crippen LogP contribution in [0.25, 0.3) is 10.9 Å². The summed E-state index contributed by atoms with van der Waals surface area (Å²) in [7, 11) is 1.79. The van der Waals surface area contributed by atoms with Crippen LogP contribution in [0, 0.1) is 18.8 Å². The highest BCUT2D eigenvalue weighted by Gasteiger charge is 2.33. The summed E-state index contributed by atoms with van der Waals surface area (Å²) in [4.78, 5) is 5.98. The SMILES string of the molecule is COc1cc(C)c2[nH]ccc2c1CN1CCC(C2CC2)CC1.